The van der Waals surface area contributed by atoms with Crippen LogP contribution in [0.15, 0.2) is 70.7 Å². The number of carbonyl (C=O) groups excluding carboxylic acids is 1. The Hall–Kier alpha value is -2.35. The Morgan fingerprint density at radius 2 is 1.84 bits per heavy atom. The van der Waals surface area contributed by atoms with Gasteiger partial charge < -0.3 is 25.4 Å². The molecule has 8 heteroatoms. The van der Waals surface area contributed by atoms with Crippen molar-refractivity contribution in [1.82, 2.24) is 15.5 Å². The molecule has 3 N–H and O–H groups in total. The summed E-state index contributed by atoms with van der Waals surface area (Å²) in [6, 6.07) is 16.3. The van der Waals surface area contributed by atoms with Crippen LogP contribution >= 0.6 is 23.2 Å². The maximum absolute atomic E-state index is 13.0. The van der Waals surface area contributed by atoms with E-state index in [4.69, 9.17) is 27.9 Å². The first-order valence-electron chi connectivity index (χ1n) is 13.1. The molecule has 4 rings (SSSR count). The molecule has 1 fully saturated rings. The summed E-state index contributed by atoms with van der Waals surface area (Å²) in [5.74, 6) is 0. The zero-order chi connectivity index (χ0) is 27.2. The molecular weight excluding hydrogens is 521 g/mol. The fraction of sp³-hybridized carbons (Fsp3) is 0.433. The van der Waals surface area contributed by atoms with Gasteiger partial charge in [0.1, 0.15) is 0 Å². The number of ether oxygens (including phenoxy) is 1. The summed E-state index contributed by atoms with van der Waals surface area (Å²) in [5.41, 5.74) is 3.44. The molecule has 1 saturated heterocycles. The minimum Gasteiger partial charge on any atom is -0.392 e. The van der Waals surface area contributed by atoms with Crippen LogP contribution in [0.4, 0.5) is 4.79 Å². The molecule has 1 aliphatic carbocycles. The summed E-state index contributed by atoms with van der Waals surface area (Å²) in [7, 11) is 1.73. The third-order valence-electron chi connectivity index (χ3n) is 7.64. The van der Waals surface area contributed by atoms with E-state index < -0.39 is 5.54 Å². The molecule has 0 spiro atoms. The Labute approximate surface area is 235 Å². The van der Waals surface area contributed by atoms with E-state index in [0.717, 1.165) is 49.2 Å². The number of methoxy groups -OCH3 is 1. The maximum Gasteiger partial charge on any atom is 0.315 e. The van der Waals surface area contributed by atoms with Gasteiger partial charge in [-0.2, -0.15) is 0 Å². The van der Waals surface area contributed by atoms with E-state index >= 15 is 0 Å². The van der Waals surface area contributed by atoms with Crippen molar-refractivity contribution in [3.8, 4) is 11.1 Å². The summed E-state index contributed by atoms with van der Waals surface area (Å²) in [6.07, 6.45) is 5.88. The summed E-state index contributed by atoms with van der Waals surface area (Å²) in [4.78, 5) is 15.5. The van der Waals surface area contributed by atoms with Gasteiger partial charge in [-0.25, -0.2) is 4.79 Å². The number of nitrogens with zero attached hydrogens (tertiary/aromatic N) is 1. The Morgan fingerprint density at radius 1 is 1.11 bits per heavy atom. The molecule has 0 saturated carbocycles. The summed E-state index contributed by atoms with van der Waals surface area (Å²) in [6.45, 7) is 5.94. The standard InChI is InChI=1S/C30H37Cl2N3O3/c1-29(18-26(31)17-27(32)19-29)34-28(37)33-21-30(10-12-35(13-11-30)14-15-38-2)25-8-6-23(7-9-25)24-5-3-4-22(16-24)20-36/h3-9,16-18,36H,10-15,19-21H2,1-2H3,(H2,33,34,37). The molecule has 1 aliphatic heterocycles. The van der Waals surface area contributed by atoms with Crippen molar-refractivity contribution >= 4 is 29.2 Å². The van der Waals surface area contributed by atoms with Crippen LogP contribution in [0, 0.1) is 0 Å². The zero-order valence-corrected chi connectivity index (χ0v) is 23.6. The number of halogens is 2. The van der Waals surface area contributed by atoms with Gasteiger partial charge in [0.05, 0.1) is 18.8 Å². The maximum atomic E-state index is 13.0. The number of likely N-dealkylation sites (tertiary alicyclic amines) is 1. The molecular formula is C30H37Cl2N3O3. The fourth-order valence-electron chi connectivity index (χ4n) is 5.44. The monoisotopic (exact) mass is 557 g/mol. The molecule has 204 valence electrons. The highest BCUT2D eigenvalue weighted by atomic mass is 35.5. The summed E-state index contributed by atoms with van der Waals surface area (Å²) < 4.78 is 5.28. The molecule has 38 heavy (non-hydrogen) atoms. The second kappa shape index (κ2) is 12.7. The van der Waals surface area contributed by atoms with Crippen molar-refractivity contribution in [2.75, 3.05) is 39.9 Å². The van der Waals surface area contributed by atoms with Crippen molar-refractivity contribution in [2.45, 2.75) is 43.7 Å². The second-order valence-corrected chi connectivity index (χ2v) is 11.5. The van der Waals surface area contributed by atoms with E-state index in [9.17, 15) is 9.90 Å². The van der Waals surface area contributed by atoms with Crippen LogP contribution in [-0.2, 0) is 16.8 Å². The molecule has 2 aromatic rings. The SMILES string of the molecule is COCCN1CCC(CNC(=O)NC2(C)C=C(Cl)C=C(Cl)C2)(c2ccc(-c3cccc(CO)c3)cc2)CC1. The lowest BCUT2D eigenvalue weighted by atomic mass is 9.72. The Balaban J connectivity index is 1.50. The number of allylic oxidation sites excluding steroid dienone is 2. The van der Waals surface area contributed by atoms with E-state index in [1.165, 1.54) is 5.56 Å². The quantitative estimate of drug-likeness (QED) is 0.378. The number of hydrogen-bond acceptors (Lipinski definition) is 4. The third kappa shape index (κ3) is 7.19. The minimum absolute atomic E-state index is 0.0197. The Bertz CT molecular complexity index is 1170. The topological polar surface area (TPSA) is 73.8 Å². The molecule has 1 unspecified atom stereocenters. The molecule has 1 heterocycles. The highest BCUT2D eigenvalue weighted by Crippen LogP contribution is 2.36. The number of nitrogens with one attached hydrogen (secondary N) is 2. The number of piperidine rings is 1. The van der Waals surface area contributed by atoms with Crippen LogP contribution in [0.5, 0.6) is 0 Å². The van der Waals surface area contributed by atoms with Gasteiger partial charge in [0.25, 0.3) is 0 Å². The first kappa shape index (κ1) is 28.7. The Morgan fingerprint density at radius 3 is 2.50 bits per heavy atom. The number of aliphatic hydroxyl groups is 1. The van der Waals surface area contributed by atoms with Crippen molar-refractivity contribution < 1.29 is 14.6 Å². The smallest absolute Gasteiger partial charge is 0.315 e. The van der Waals surface area contributed by atoms with Gasteiger partial charge in [-0.05, 0) is 73.3 Å². The van der Waals surface area contributed by atoms with Crippen molar-refractivity contribution in [3.63, 3.8) is 0 Å². The third-order valence-corrected chi connectivity index (χ3v) is 8.10. The molecule has 1 atom stereocenters. The molecule has 6 nitrogen and oxygen atoms in total. The van der Waals surface area contributed by atoms with Crippen LogP contribution in [0.1, 0.15) is 37.3 Å². The lowest BCUT2D eigenvalue weighted by Crippen LogP contribution is -2.54. The van der Waals surface area contributed by atoms with Gasteiger partial charge in [-0.15, -0.1) is 0 Å². The highest BCUT2D eigenvalue weighted by Gasteiger charge is 2.37. The van der Waals surface area contributed by atoms with E-state index in [0.29, 0.717) is 29.6 Å². The minimum atomic E-state index is -0.644. The number of carbonyl (C=O) groups is 1. The number of hydrogen-bond donors (Lipinski definition) is 3. The predicted octanol–water partition coefficient (Wildman–Crippen LogP) is 5.53. The van der Waals surface area contributed by atoms with Crippen LogP contribution in [0.3, 0.4) is 0 Å². The summed E-state index contributed by atoms with van der Waals surface area (Å²) in [5, 5.41) is 16.9. The van der Waals surface area contributed by atoms with Crippen LogP contribution < -0.4 is 10.6 Å². The Kier molecular flexibility index (Phi) is 9.55. The average molecular weight is 559 g/mol. The van der Waals surface area contributed by atoms with Gasteiger partial charge in [0.2, 0.25) is 0 Å². The number of aliphatic hydroxyl groups excluding tert-OH is 1. The first-order valence-corrected chi connectivity index (χ1v) is 13.8. The van der Waals surface area contributed by atoms with E-state index in [1.54, 1.807) is 13.2 Å². The number of amides is 2. The molecule has 2 amide bonds. The lowest BCUT2D eigenvalue weighted by molar-refractivity contribution is 0.109. The largest absolute Gasteiger partial charge is 0.392 e. The molecule has 0 radical (unpaired) electrons. The van der Waals surface area contributed by atoms with Crippen LogP contribution in [-0.4, -0.2) is 61.5 Å². The van der Waals surface area contributed by atoms with E-state index in [2.05, 4.69) is 45.9 Å². The highest BCUT2D eigenvalue weighted by molar-refractivity contribution is 6.35. The van der Waals surface area contributed by atoms with Crippen molar-refractivity contribution in [1.29, 1.82) is 0 Å². The number of benzene rings is 2. The molecule has 2 aliphatic rings. The molecule has 2 aromatic carbocycles. The first-order chi connectivity index (χ1) is 18.2. The fourth-order valence-corrected chi connectivity index (χ4v) is 6.26. The van der Waals surface area contributed by atoms with E-state index in [1.807, 2.05) is 31.2 Å². The van der Waals surface area contributed by atoms with Gasteiger partial charge >= 0.3 is 6.03 Å². The van der Waals surface area contributed by atoms with Gasteiger partial charge in [0.15, 0.2) is 0 Å². The molecule has 0 aromatic heterocycles. The zero-order valence-electron chi connectivity index (χ0n) is 22.1. The lowest BCUT2D eigenvalue weighted by Gasteiger charge is -2.42. The van der Waals surface area contributed by atoms with Crippen LogP contribution in [0.25, 0.3) is 11.1 Å². The second-order valence-electron chi connectivity index (χ2n) is 10.6. The van der Waals surface area contributed by atoms with Crippen LogP contribution in [0.2, 0.25) is 0 Å². The van der Waals surface area contributed by atoms with Gasteiger partial charge in [0, 0.05) is 42.1 Å². The number of urea groups is 1. The van der Waals surface area contributed by atoms with Crippen molar-refractivity contribution in [2.24, 2.45) is 0 Å². The molecule has 0 bridgehead atoms. The number of rotatable bonds is 9. The normalized spacial score (nSPS) is 21.4. The van der Waals surface area contributed by atoms with E-state index in [-0.39, 0.29) is 18.1 Å². The predicted molar refractivity (Wildman–Crippen MR) is 154 cm³/mol. The van der Waals surface area contributed by atoms with Gasteiger partial charge in [-0.3, -0.25) is 0 Å². The van der Waals surface area contributed by atoms with Crippen molar-refractivity contribution in [3.05, 3.63) is 81.9 Å². The summed E-state index contributed by atoms with van der Waals surface area (Å²) >= 11 is 12.4. The van der Waals surface area contributed by atoms with Gasteiger partial charge in [-0.1, -0.05) is 65.7 Å². The average Bonchev–Trinajstić information content (AvgIpc) is 2.90.